The van der Waals surface area contributed by atoms with Crippen molar-refractivity contribution in [3.8, 4) is 16.3 Å². The van der Waals surface area contributed by atoms with Gasteiger partial charge in [0.25, 0.3) is 5.69 Å². The van der Waals surface area contributed by atoms with Gasteiger partial charge >= 0.3 is 5.63 Å². The third-order valence-electron chi connectivity index (χ3n) is 4.26. The highest BCUT2D eigenvalue weighted by molar-refractivity contribution is 7.80. The Morgan fingerprint density at radius 2 is 2.00 bits per heavy atom. The molecule has 2 N–H and O–H groups in total. The van der Waals surface area contributed by atoms with Crippen molar-refractivity contribution in [1.29, 1.82) is 0 Å². The van der Waals surface area contributed by atoms with E-state index in [0.29, 0.717) is 21.0 Å². The molecule has 0 aliphatic carbocycles. The lowest BCUT2D eigenvalue weighted by Crippen LogP contribution is -2.21. The summed E-state index contributed by atoms with van der Waals surface area (Å²) in [5.74, 6) is 0. The molecule has 0 spiro atoms. The third kappa shape index (κ3) is 3.19. The summed E-state index contributed by atoms with van der Waals surface area (Å²) in [6, 6.07) is 7.68. The average molecular weight is 427 g/mol. The van der Waals surface area contributed by atoms with E-state index in [1.807, 2.05) is 19.9 Å². The second-order valence-electron chi connectivity index (χ2n) is 6.28. The van der Waals surface area contributed by atoms with Crippen molar-refractivity contribution in [3.63, 3.8) is 0 Å². The zero-order valence-electron chi connectivity index (χ0n) is 15.2. The van der Waals surface area contributed by atoms with Gasteiger partial charge in [0.15, 0.2) is 0 Å². The number of hydrogen-bond acceptors (Lipinski definition) is 8. The fraction of sp³-hybridized carbons (Fsp3) is 0.111. The number of nitro benzene ring substituents is 1. The quantitative estimate of drug-likeness (QED) is 0.298. The van der Waals surface area contributed by atoms with Gasteiger partial charge in [0.1, 0.15) is 15.3 Å². The lowest BCUT2D eigenvalue weighted by atomic mass is 10.0. The average Bonchev–Trinajstić information content (AvgIpc) is 3.22. The summed E-state index contributed by atoms with van der Waals surface area (Å²) in [5.41, 5.74) is 7.83. The molecule has 0 amide bonds. The van der Waals surface area contributed by atoms with Crippen LogP contribution in [0.4, 0.5) is 5.69 Å². The van der Waals surface area contributed by atoms with Gasteiger partial charge in [-0.05, 0) is 37.6 Å². The Bertz CT molecular complexity index is 1350. The highest BCUT2D eigenvalue weighted by Gasteiger charge is 2.23. The molecular formula is C18H13N5O4S2. The van der Waals surface area contributed by atoms with Crippen LogP contribution in [0.5, 0.6) is 0 Å². The molecule has 0 radical (unpaired) electrons. The van der Waals surface area contributed by atoms with Crippen LogP contribution in [-0.4, -0.2) is 24.7 Å². The van der Waals surface area contributed by atoms with Crippen molar-refractivity contribution >= 4 is 44.6 Å². The van der Waals surface area contributed by atoms with Gasteiger partial charge in [-0.3, -0.25) is 10.1 Å². The summed E-state index contributed by atoms with van der Waals surface area (Å²) in [6.07, 6.45) is 0. The minimum absolute atomic E-state index is 0.0323. The summed E-state index contributed by atoms with van der Waals surface area (Å²) in [7, 11) is 0. The van der Waals surface area contributed by atoms with Crippen LogP contribution in [0.1, 0.15) is 17.0 Å². The van der Waals surface area contributed by atoms with Crippen molar-refractivity contribution in [2.24, 2.45) is 5.73 Å². The molecule has 0 aliphatic rings. The standard InChI is InChI=1S/C18H13N5O4S2/c1-8-7-9(2)22(21-8)18-20-16-14(29-18)12(13(15(19)28)17(24)27-16)10-3-5-11(6-4-10)23(25)26/h3-7H,1-2H3,(H2,19,28). The molecule has 29 heavy (non-hydrogen) atoms. The van der Waals surface area contributed by atoms with Crippen molar-refractivity contribution in [1.82, 2.24) is 14.8 Å². The Kier molecular flexibility index (Phi) is 4.47. The van der Waals surface area contributed by atoms with Gasteiger partial charge < -0.3 is 10.2 Å². The van der Waals surface area contributed by atoms with Gasteiger partial charge in [0.2, 0.25) is 10.8 Å². The van der Waals surface area contributed by atoms with E-state index >= 15 is 0 Å². The normalized spacial score (nSPS) is 11.1. The highest BCUT2D eigenvalue weighted by Crippen LogP contribution is 2.36. The van der Waals surface area contributed by atoms with Crippen LogP contribution < -0.4 is 11.4 Å². The number of non-ortho nitro benzene ring substituents is 1. The van der Waals surface area contributed by atoms with Gasteiger partial charge in [0.05, 0.1) is 10.6 Å². The van der Waals surface area contributed by atoms with Gasteiger partial charge in [-0.25, -0.2) is 9.48 Å². The molecular weight excluding hydrogens is 414 g/mol. The Morgan fingerprint density at radius 3 is 2.55 bits per heavy atom. The van der Waals surface area contributed by atoms with E-state index in [0.717, 1.165) is 11.4 Å². The first-order valence-corrected chi connectivity index (χ1v) is 9.54. The molecule has 4 rings (SSSR count). The zero-order chi connectivity index (χ0) is 20.9. The smallest absolute Gasteiger partial charge is 0.348 e. The molecule has 11 heteroatoms. The first-order valence-electron chi connectivity index (χ1n) is 8.32. The number of nitro groups is 1. The maximum atomic E-state index is 12.6. The number of thiazole rings is 1. The predicted molar refractivity (Wildman–Crippen MR) is 113 cm³/mol. The molecule has 1 aromatic carbocycles. The molecule has 0 atom stereocenters. The van der Waals surface area contributed by atoms with Crippen LogP contribution in [0.3, 0.4) is 0 Å². The van der Waals surface area contributed by atoms with E-state index in [-0.39, 0.29) is 22.0 Å². The van der Waals surface area contributed by atoms with Crippen molar-refractivity contribution in [2.75, 3.05) is 0 Å². The van der Waals surface area contributed by atoms with E-state index < -0.39 is 10.5 Å². The largest absolute Gasteiger partial charge is 0.402 e. The van der Waals surface area contributed by atoms with E-state index in [4.69, 9.17) is 22.4 Å². The topological polar surface area (TPSA) is 130 Å². The molecule has 0 fully saturated rings. The first-order chi connectivity index (χ1) is 13.8. The van der Waals surface area contributed by atoms with Gasteiger partial charge in [-0.15, -0.1) is 0 Å². The summed E-state index contributed by atoms with van der Waals surface area (Å²) >= 11 is 6.33. The van der Waals surface area contributed by atoms with E-state index in [1.54, 1.807) is 4.68 Å². The van der Waals surface area contributed by atoms with E-state index in [9.17, 15) is 14.9 Å². The molecule has 0 unspecified atom stereocenters. The number of aromatic nitrogens is 3. The second-order valence-corrected chi connectivity index (χ2v) is 7.69. The number of fused-ring (bicyclic) bond motifs is 1. The summed E-state index contributed by atoms with van der Waals surface area (Å²) in [6.45, 7) is 3.75. The minimum atomic E-state index is -0.719. The Balaban J connectivity index is 2.03. The number of rotatable bonds is 4. The van der Waals surface area contributed by atoms with Crippen LogP contribution >= 0.6 is 23.6 Å². The number of aryl methyl sites for hydroxylation is 2. The Morgan fingerprint density at radius 1 is 1.31 bits per heavy atom. The predicted octanol–water partition coefficient (Wildman–Crippen LogP) is 3.26. The third-order valence-corrected chi connectivity index (χ3v) is 5.49. The molecule has 0 saturated carbocycles. The maximum absolute atomic E-state index is 12.6. The summed E-state index contributed by atoms with van der Waals surface area (Å²) < 4.78 is 7.55. The van der Waals surface area contributed by atoms with Crippen LogP contribution in [-0.2, 0) is 0 Å². The molecule has 4 aromatic rings. The van der Waals surface area contributed by atoms with E-state index in [1.165, 1.54) is 35.6 Å². The van der Waals surface area contributed by atoms with Crippen LogP contribution in [0.2, 0.25) is 0 Å². The van der Waals surface area contributed by atoms with Crippen molar-refractivity contribution in [3.05, 3.63) is 67.8 Å². The lowest BCUT2D eigenvalue weighted by molar-refractivity contribution is -0.384. The van der Waals surface area contributed by atoms with Crippen molar-refractivity contribution in [2.45, 2.75) is 13.8 Å². The van der Waals surface area contributed by atoms with E-state index in [2.05, 4.69) is 10.1 Å². The molecule has 3 heterocycles. The molecule has 0 bridgehead atoms. The maximum Gasteiger partial charge on any atom is 0.348 e. The fourth-order valence-electron chi connectivity index (χ4n) is 3.04. The second kappa shape index (κ2) is 6.87. The first kappa shape index (κ1) is 18.9. The number of hydrogen-bond donors (Lipinski definition) is 1. The summed E-state index contributed by atoms with van der Waals surface area (Å²) in [4.78, 5) is 27.3. The SMILES string of the molecule is Cc1cc(C)n(-c2nc3oc(=O)c(C(N)=S)c(-c4ccc([N+](=O)[O-])cc4)c3s2)n1. The number of benzene rings is 1. The molecule has 146 valence electrons. The summed E-state index contributed by atoms with van der Waals surface area (Å²) in [5, 5.41) is 15.9. The molecule has 0 aliphatic heterocycles. The molecule has 0 saturated heterocycles. The Hall–Kier alpha value is -3.44. The monoisotopic (exact) mass is 427 g/mol. The number of thiocarbonyl (C=S) groups is 1. The fourth-order valence-corrected chi connectivity index (χ4v) is 4.30. The zero-order valence-corrected chi connectivity index (χ0v) is 16.8. The van der Waals surface area contributed by atoms with Gasteiger partial charge in [-0.2, -0.15) is 10.1 Å². The molecule has 9 nitrogen and oxygen atoms in total. The van der Waals surface area contributed by atoms with Crippen LogP contribution in [0.25, 0.3) is 26.7 Å². The number of nitrogens with two attached hydrogens (primary N) is 1. The van der Waals surface area contributed by atoms with Crippen molar-refractivity contribution < 1.29 is 9.34 Å². The van der Waals surface area contributed by atoms with Gasteiger partial charge in [-0.1, -0.05) is 23.6 Å². The number of nitrogens with zero attached hydrogens (tertiary/aromatic N) is 4. The lowest BCUT2D eigenvalue weighted by Gasteiger charge is -2.07. The van der Waals surface area contributed by atoms with Crippen LogP contribution in [0.15, 0.2) is 39.5 Å². The highest BCUT2D eigenvalue weighted by atomic mass is 32.1. The Labute approximate surface area is 172 Å². The molecule has 3 aromatic heterocycles. The van der Waals surface area contributed by atoms with Crippen LogP contribution in [0, 0.1) is 24.0 Å². The minimum Gasteiger partial charge on any atom is -0.402 e. The van der Waals surface area contributed by atoms with Gasteiger partial charge in [0, 0.05) is 23.4 Å².